The van der Waals surface area contributed by atoms with Crippen molar-refractivity contribution in [2.24, 2.45) is 0 Å². The van der Waals surface area contributed by atoms with Gasteiger partial charge in [0.15, 0.2) is 0 Å². The van der Waals surface area contributed by atoms with E-state index in [0.717, 1.165) is 11.1 Å². The van der Waals surface area contributed by atoms with Crippen LogP contribution < -0.4 is 0 Å². The molecule has 0 saturated heterocycles. The zero-order chi connectivity index (χ0) is 14.9. The number of benzene rings is 3. The highest BCUT2D eigenvalue weighted by Gasteiger charge is 2.08. The lowest BCUT2D eigenvalue weighted by Gasteiger charge is -2.11. The SMILES string of the molecule is FCc1cc(-c2cc3ccccc3c3ccccc23)ccn1.I. The van der Waals surface area contributed by atoms with E-state index >= 15 is 0 Å². The van der Waals surface area contributed by atoms with E-state index in [-0.39, 0.29) is 24.0 Å². The van der Waals surface area contributed by atoms with Crippen molar-refractivity contribution in [3.8, 4) is 11.1 Å². The zero-order valence-electron chi connectivity index (χ0n) is 12.4. The first-order chi connectivity index (χ1) is 10.9. The maximum atomic E-state index is 12.9. The first-order valence-corrected chi connectivity index (χ1v) is 7.28. The quantitative estimate of drug-likeness (QED) is 0.283. The Morgan fingerprint density at radius 3 is 2.26 bits per heavy atom. The molecule has 1 aromatic heterocycles. The Kier molecular flexibility index (Phi) is 4.57. The minimum Gasteiger partial charge on any atom is -0.258 e. The third kappa shape index (κ3) is 2.81. The zero-order valence-corrected chi connectivity index (χ0v) is 14.7. The fraction of sp³-hybridized carbons (Fsp3) is 0.0500. The molecule has 0 saturated carbocycles. The number of aromatic nitrogens is 1. The highest BCUT2D eigenvalue weighted by Crippen LogP contribution is 2.34. The van der Waals surface area contributed by atoms with Gasteiger partial charge in [0.1, 0.15) is 6.67 Å². The summed E-state index contributed by atoms with van der Waals surface area (Å²) in [6.07, 6.45) is 1.67. The van der Waals surface area contributed by atoms with Gasteiger partial charge in [0, 0.05) is 6.20 Å². The molecule has 1 heterocycles. The van der Waals surface area contributed by atoms with Gasteiger partial charge in [0.05, 0.1) is 5.69 Å². The smallest absolute Gasteiger partial charge is 0.131 e. The van der Waals surface area contributed by atoms with E-state index < -0.39 is 6.67 Å². The number of alkyl halides is 1. The number of hydrogen-bond donors (Lipinski definition) is 0. The summed E-state index contributed by atoms with van der Waals surface area (Å²) < 4.78 is 12.9. The lowest BCUT2D eigenvalue weighted by Crippen LogP contribution is -1.88. The summed E-state index contributed by atoms with van der Waals surface area (Å²) in [5.74, 6) is 0. The molecule has 0 aliphatic heterocycles. The maximum absolute atomic E-state index is 12.9. The second-order valence-electron chi connectivity index (χ2n) is 5.36. The summed E-state index contributed by atoms with van der Waals surface area (Å²) in [5.41, 5.74) is 2.59. The van der Waals surface area contributed by atoms with Crippen LogP contribution >= 0.6 is 24.0 Å². The fourth-order valence-corrected chi connectivity index (χ4v) is 3.01. The molecule has 0 unspecified atom stereocenters. The normalized spacial score (nSPS) is 10.7. The molecule has 0 aliphatic carbocycles. The summed E-state index contributed by atoms with van der Waals surface area (Å²) >= 11 is 0. The Labute approximate surface area is 151 Å². The van der Waals surface area contributed by atoms with Crippen molar-refractivity contribution in [3.05, 3.63) is 78.6 Å². The minimum absolute atomic E-state index is 0. The van der Waals surface area contributed by atoms with Crippen LogP contribution in [0.4, 0.5) is 4.39 Å². The molecule has 0 radical (unpaired) electrons. The standard InChI is InChI=1S/C20H14FN.HI/c21-13-16-11-15(9-10-22-16)20-12-14-5-1-2-6-17(14)18-7-3-4-8-19(18)20;/h1-12H,13H2;1H. The van der Waals surface area contributed by atoms with Gasteiger partial charge in [-0.2, -0.15) is 0 Å². The van der Waals surface area contributed by atoms with Gasteiger partial charge in [-0.15, -0.1) is 24.0 Å². The average Bonchev–Trinajstić information content (AvgIpc) is 2.61. The van der Waals surface area contributed by atoms with E-state index in [1.807, 2.05) is 24.3 Å². The highest BCUT2D eigenvalue weighted by molar-refractivity contribution is 14.0. The maximum Gasteiger partial charge on any atom is 0.131 e. The molecular formula is C20H15FIN. The Morgan fingerprint density at radius 1 is 0.783 bits per heavy atom. The molecule has 0 spiro atoms. The van der Waals surface area contributed by atoms with E-state index in [2.05, 4.69) is 47.4 Å². The summed E-state index contributed by atoms with van der Waals surface area (Å²) in [6, 6.07) is 22.6. The van der Waals surface area contributed by atoms with Crippen LogP contribution in [-0.4, -0.2) is 4.98 Å². The molecule has 4 rings (SSSR count). The fourth-order valence-electron chi connectivity index (χ4n) is 3.01. The van der Waals surface area contributed by atoms with E-state index in [1.54, 1.807) is 6.20 Å². The van der Waals surface area contributed by atoms with Crippen molar-refractivity contribution >= 4 is 45.5 Å². The molecule has 3 heteroatoms. The third-order valence-corrected chi connectivity index (χ3v) is 4.03. The molecule has 23 heavy (non-hydrogen) atoms. The van der Waals surface area contributed by atoms with Gasteiger partial charge in [0.2, 0.25) is 0 Å². The Morgan fingerprint density at radius 2 is 1.48 bits per heavy atom. The first kappa shape index (κ1) is 15.9. The molecule has 3 aromatic carbocycles. The van der Waals surface area contributed by atoms with Gasteiger partial charge in [-0.25, -0.2) is 4.39 Å². The van der Waals surface area contributed by atoms with Gasteiger partial charge in [-0.05, 0) is 50.9 Å². The van der Waals surface area contributed by atoms with Crippen LogP contribution in [0, 0.1) is 0 Å². The van der Waals surface area contributed by atoms with Crippen LogP contribution in [0.2, 0.25) is 0 Å². The van der Waals surface area contributed by atoms with E-state index in [1.165, 1.54) is 21.5 Å². The number of rotatable bonds is 2. The Hall–Kier alpha value is -2.01. The van der Waals surface area contributed by atoms with Gasteiger partial charge >= 0.3 is 0 Å². The lowest BCUT2D eigenvalue weighted by atomic mass is 9.93. The lowest BCUT2D eigenvalue weighted by molar-refractivity contribution is 0.476. The van der Waals surface area contributed by atoms with Crippen LogP contribution in [0.5, 0.6) is 0 Å². The van der Waals surface area contributed by atoms with Gasteiger partial charge < -0.3 is 0 Å². The second-order valence-corrected chi connectivity index (χ2v) is 5.36. The predicted octanol–water partition coefficient (Wildman–Crippen LogP) is 6.14. The number of halogens is 2. The molecule has 0 aliphatic rings. The van der Waals surface area contributed by atoms with Crippen LogP contribution in [0.1, 0.15) is 5.69 Å². The molecule has 0 atom stereocenters. The molecule has 114 valence electrons. The molecule has 0 amide bonds. The van der Waals surface area contributed by atoms with Crippen LogP contribution in [-0.2, 0) is 6.67 Å². The van der Waals surface area contributed by atoms with Crippen molar-refractivity contribution in [2.45, 2.75) is 6.67 Å². The largest absolute Gasteiger partial charge is 0.258 e. The van der Waals surface area contributed by atoms with Crippen LogP contribution in [0.25, 0.3) is 32.7 Å². The second kappa shape index (κ2) is 6.62. The van der Waals surface area contributed by atoms with Crippen molar-refractivity contribution in [1.82, 2.24) is 4.98 Å². The van der Waals surface area contributed by atoms with Gasteiger partial charge in [-0.3, -0.25) is 4.98 Å². The summed E-state index contributed by atoms with van der Waals surface area (Å²) in [7, 11) is 0. The predicted molar refractivity (Wildman–Crippen MR) is 105 cm³/mol. The molecule has 0 N–H and O–H groups in total. The number of hydrogen-bond acceptors (Lipinski definition) is 1. The van der Waals surface area contributed by atoms with Gasteiger partial charge in [0.25, 0.3) is 0 Å². The molecule has 0 fully saturated rings. The highest BCUT2D eigenvalue weighted by atomic mass is 127. The van der Waals surface area contributed by atoms with E-state index in [0.29, 0.717) is 5.69 Å². The first-order valence-electron chi connectivity index (χ1n) is 7.28. The average molecular weight is 415 g/mol. The van der Waals surface area contributed by atoms with Gasteiger partial charge in [-0.1, -0.05) is 48.5 Å². The van der Waals surface area contributed by atoms with Crippen molar-refractivity contribution in [2.75, 3.05) is 0 Å². The molecule has 4 aromatic rings. The van der Waals surface area contributed by atoms with E-state index in [9.17, 15) is 4.39 Å². The Bertz CT molecular complexity index is 981. The minimum atomic E-state index is -0.542. The summed E-state index contributed by atoms with van der Waals surface area (Å²) in [4.78, 5) is 4.05. The van der Waals surface area contributed by atoms with Crippen molar-refractivity contribution in [3.63, 3.8) is 0 Å². The number of nitrogens with zero attached hydrogens (tertiary/aromatic N) is 1. The van der Waals surface area contributed by atoms with Crippen LogP contribution in [0.15, 0.2) is 72.9 Å². The number of fused-ring (bicyclic) bond motifs is 3. The molecular weight excluding hydrogens is 400 g/mol. The Balaban J connectivity index is 0.00000156. The van der Waals surface area contributed by atoms with Crippen LogP contribution in [0.3, 0.4) is 0 Å². The number of pyridine rings is 1. The molecule has 0 bridgehead atoms. The van der Waals surface area contributed by atoms with Crippen molar-refractivity contribution in [1.29, 1.82) is 0 Å². The van der Waals surface area contributed by atoms with E-state index in [4.69, 9.17) is 0 Å². The monoisotopic (exact) mass is 415 g/mol. The van der Waals surface area contributed by atoms with Crippen molar-refractivity contribution < 1.29 is 4.39 Å². The third-order valence-electron chi connectivity index (χ3n) is 4.03. The summed E-state index contributed by atoms with van der Waals surface area (Å²) in [6.45, 7) is -0.542. The topological polar surface area (TPSA) is 12.9 Å². The molecule has 1 nitrogen and oxygen atoms in total. The summed E-state index contributed by atoms with van der Waals surface area (Å²) in [5, 5.41) is 4.82.